The summed E-state index contributed by atoms with van der Waals surface area (Å²) in [5.74, 6) is 0.172. The number of phosphoric ester groups is 2. The second-order valence-electron chi connectivity index (χ2n) is 28.6. The van der Waals surface area contributed by atoms with Crippen molar-refractivity contribution < 1.29 is 80.2 Å². The molecule has 0 spiro atoms. The molecular weight excluding hydrogens is 1250 g/mol. The maximum atomic E-state index is 13.1. The van der Waals surface area contributed by atoms with Crippen LogP contribution in [0.2, 0.25) is 0 Å². The van der Waals surface area contributed by atoms with E-state index in [2.05, 4.69) is 48.5 Å². The van der Waals surface area contributed by atoms with E-state index in [9.17, 15) is 43.2 Å². The summed E-state index contributed by atoms with van der Waals surface area (Å²) in [6, 6.07) is 0. The van der Waals surface area contributed by atoms with Gasteiger partial charge in [-0.25, -0.2) is 9.13 Å². The Morgan fingerprint density at radius 1 is 0.305 bits per heavy atom. The largest absolute Gasteiger partial charge is 0.472 e. The minimum Gasteiger partial charge on any atom is -0.462 e. The zero-order chi connectivity index (χ0) is 70.1. The first-order valence-electron chi connectivity index (χ1n) is 39.4. The first-order chi connectivity index (χ1) is 45.8. The van der Waals surface area contributed by atoms with Crippen molar-refractivity contribution in [2.24, 2.45) is 17.8 Å². The lowest BCUT2D eigenvalue weighted by atomic mass is 10.00. The van der Waals surface area contributed by atoms with Crippen LogP contribution in [-0.4, -0.2) is 96.7 Å². The number of unbranched alkanes of at least 4 members (excludes halogenated alkanes) is 41. The molecule has 0 aromatic carbocycles. The van der Waals surface area contributed by atoms with Crippen molar-refractivity contribution in [3.05, 3.63) is 0 Å². The van der Waals surface area contributed by atoms with Crippen LogP contribution in [0.5, 0.6) is 0 Å². The van der Waals surface area contributed by atoms with Crippen molar-refractivity contribution >= 4 is 39.5 Å². The van der Waals surface area contributed by atoms with E-state index in [4.69, 9.17) is 37.0 Å². The van der Waals surface area contributed by atoms with E-state index in [-0.39, 0.29) is 25.7 Å². The van der Waals surface area contributed by atoms with Crippen molar-refractivity contribution in [1.29, 1.82) is 0 Å². The molecule has 0 radical (unpaired) electrons. The number of esters is 4. The fourth-order valence-corrected chi connectivity index (χ4v) is 13.1. The number of aliphatic hydroxyl groups excluding tert-OH is 1. The van der Waals surface area contributed by atoms with Crippen molar-refractivity contribution in [3.8, 4) is 0 Å². The highest BCUT2D eigenvalue weighted by molar-refractivity contribution is 7.47. The summed E-state index contributed by atoms with van der Waals surface area (Å²) >= 11 is 0. The average molecular weight is 1400 g/mol. The van der Waals surface area contributed by atoms with Crippen LogP contribution in [-0.2, 0) is 65.4 Å². The third-order valence-corrected chi connectivity index (χ3v) is 19.9. The molecule has 0 rings (SSSR count). The van der Waals surface area contributed by atoms with Gasteiger partial charge in [-0.3, -0.25) is 37.3 Å². The van der Waals surface area contributed by atoms with Crippen LogP contribution < -0.4 is 0 Å². The lowest BCUT2D eigenvalue weighted by Gasteiger charge is -2.21. The summed E-state index contributed by atoms with van der Waals surface area (Å²) in [6.45, 7) is 11.9. The highest BCUT2D eigenvalue weighted by atomic mass is 31.2. The normalized spacial score (nSPS) is 14.4. The van der Waals surface area contributed by atoms with Crippen molar-refractivity contribution in [2.45, 2.75) is 407 Å². The molecule has 0 bridgehead atoms. The van der Waals surface area contributed by atoms with E-state index in [1.165, 1.54) is 193 Å². The molecule has 0 aromatic rings. The fourth-order valence-electron chi connectivity index (χ4n) is 11.6. The summed E-state index contributed by atoms with van der Waals surface area (Å²) < 4.78 is 68.5. The number of carbonyl (C=O) groups is 4. The molecule has 0 aliphatic rings. The molecule has 564 valence electrons. The highest BCUT2D eigenvalue weighted by Gasteiger charge is 2.30. The van der Waals surface area contributed by atoms with Gasteiger partial charge in [0.1, 0.15) is 19.3 Å². The second-order valence-corrected chi connectivity index (χ2v) is 31.5. The summed E-state index contributed by atoms with van der Waals surface area (Å²) in [7, 11) is -9.91. The number of ether oxygens (including phenoxy) is 4. The molecule has 0 heterocycles. The average Bonchev–Trinajstić information content (AvgIpc) is 1.76. The van der Waals surface area contributed by atoms with Crippen molar-refractivity contribution in [1.82, 2.24) is 0 Å². The molecule has 0 aliphatic carbocycles. The Morgan fingerprint density at radius 3 is 0.800 bits per heavy atom. The Balaban J connectivity index is 5.26. The molecule has 0 aliphatic heterocycles. The Bertz CT molecular complexity index is 1850. The summed E-state index contributed by atoms with van der Waals surface area (Å²) in [4.78, 5) is 72.8. The van der Waals surface area contributed by atoms with Crippen LogP contribution in [0.1, 0.15) is 389 Å². The Hall–Kier alpha value is -1.94. The number of phosphoric acid groups is 2. The van der Waals surface area contributed by atoms with Gasteiger partial charge in [-0.15, -0.1) is 0 Å². The van der Waals surface area contributed by atoms with Gasteiger partial charge in [0.2, 0.25) is 0 Å². The SMILES string of the molecule is CCCCCCCCCCCCCCCCCC(=O)O[C@H](COC(=O)CCCCCCCCC(C)CC)COP(=O)(O)OC[C@H](O)COP(=O)(O)OC[C@@H](COC(=O)CCCCCCCCCCCCCCC(C)C)OC(=O)CCCCCCCCCCCCCCC(C)C. The molecule has 19 heteroatoms. The standard InChI is InChI=1S/C76H148O17P2/c1-8-10-11-12-13-14-15-16-17-18-26-31-36-45-52-59-76(81)93-72(64-87-74(79)58-51-44-39-38-42-49-56-69(7)9-2)66-91-95(84,85)89-62-70(77)61-88-94(82,83)90-65-71(92-75(80)60-53-46-37-32-27-22-20-24-29-34-41-48-55-68(5)6)63-86-73(78)57-50-43-35-30-25-21-19-23-28-33-40-47-54-67(3)4/h67-72,77H,8-66H2,1-7H3,(H,82,83)(H,84,85)/t69?,70-,71-,72-/m1/s1. The molecule has 0 fully saturated rings. The zero-order valence-electron chi connectivity index (χ0n) is 62.1. The number of hydrogen-bond acceptors (Lipinski definition) is 15. The summed E-state index contributed by atoms with van der Waals surface area (Å²) in [5, 5.41) is 10.6. The van der Waals surface area contributed by atoms with E-state index in [0.717, 1.165) is 114 Å². The van der Waals surface area contributed by atoms with E-state index >= 15 is 0 Å². The van der Waals surface area contributed by atoms with E-state index in [1.807, 2.05) is 0 Å². The maximum Gasteiger partial charge on any atom is 0.472 e. The van der Waals surface area contributed by atoms with Crippen molar-refractivity contribution in [3.63, 3.8) is 0 Å². The molecule has 3 unspecified atom stereocenters. The topological polar surface area (TPSA) is 237 Å². The quantitative estimate of drug-likeness (QED) is 0.0222. The van der Waals surface area contributed by atoms with Gasteiger partial charge in [0.05, 0.1) is 26.4 Å². The Labute approximate surface area is 581 Å². The predicted octanol–water partition coefficient (Wildman–Crippen LogP) is 22.2. The first kappa shape index (κ1) is 93.1. The molecule has 0 saturated carbocycles. The van der Waals surface area contributed by atoms with Gasteiger partial charge in [-0.2, -0.15) is 0 Å². The highest BCUT2D eigenvalue weighted by Crippen LogP contribution is 2.45. The monoisotopic (exact) mass is 1400 g/mol. The molecule has 95 heavy (non-hydrogen) atoms. The molecular formula is C76H148O17P2. The van der Waals surface area contributed by atoms with Gasteiger partial charge in [-0.1, -0.05) is 337 Å². The van der Waals surface area contributed by atoms with Gasteiger partial charge in [-0.05, 0) is 43.4 Å². The van der Waals surface area contributed by atoms with Crippen molar-refractivity contribution in [2.75, 3.05) is 39.6 Å². The lowest BCUT2D eigenvalue weighted by molar-refractivity contribution is -0.161. The minimum atomic E-state index is -4.96. The summed E-state index contributed by atoms with van der Waals surface area (Å²) in [5.41, 5.74) is 0. The van der Waals surface area contributed by atoms with Gasteiger partial charge in [0.15, 0.2) is 12.2 Å². The molecule has 17 nitrogen and oxygen atoms in total. The second kappa shape index (κ2) is 66.6. The minimum absolute atomic E-state index is 0.107. The third kappa shape index (κ3) is 69.0. The molecule has 6 atom stereocenters. The van der Waals surface area contributed by atoms with Crippen LogP contribution in [0.15, 0.2) is 0 Å². The number of carbonyl (C=O) groups excluding carboxylic acids is 4. The number of hydrogen-bond donors (Lipinski definition) is 3. The van der Waals surface area contributed by atoms with Crippen LogP contribution >= 0.6 is 15.6 Å². The van der Waals surface area contributed by atoms with Crippen LogP contribution in [0.3, 0.4) is 0 Å². The van der Waals surface area contributed by atoms with Crippen LogP contribution in [0.25, 0.3) is 0 Å². The Morgan fingerprint density at radius 2 is 0.537 bits per heavy atom. The van der Waals surface area contributed by atoms with E-state index in [0.29, 0.717) is 25.7 Å². The fraction of sp³-hybridized carbons (Fsp3) is 0.947. The molecule has 3 N–H and O–H groups in total. The maximum absolute atomic E-state index is 13.1. The molecule has 0 saturated heterocycles. The van der Waals surface area contributed by atoms with Gasteiger partial charge in [0, 0.05) is 25.7 Å². The van der Waals surface area contributed by atoms with E-state index in [1.54, 1.807) is 0 Å². The Kier molecular flexibility index (Phi) is 65.2. The zero-order valence-corrected chi connectivity index (χ0v) is 63.9. The van der Waals surface area contributed by atoms with Crippen LogP contribution in [0, 0.1) is 17.8 Å². The number of aliphatic hydroxyl groups is 1. The first-order valence-corrected chi connectivity index (χ1v) is 42.4. The predicted molar refractivity (Wildman–Crippen MR) is 386 cm³/mol. The van der Waals surface area contributed by atoms with Crippen LogP contribution in [0.4, 0.5) is 0 Å². The lowest BCUT2D eigenvalue weighted by Crippen LogP contribution is -2.30. The van der Waals surface area contributed by atoms with E-state index < -0.39 is 97.5 Å². The third-order valence-electron chi connectivity index (χ3n) is 18.0. The van der Waals surface area contributed by atoms with Gasteiger partial charge in [0.25, 0.3) is 0 Å². The van der Waals surface area contributed by atoms with Gasteiger partial charge < -0.3 is 33.8 Å². The molecule has 0 aromatic heterocycles. The molecule has 0 amide bonds. The van der Waals surface area contributed by atoms with Gasteiger partial charge >= 0.3 is 39.5 Å². The smallest absolute Gasteiger partial charge is 0.462 e. The summed E-state index contributed by atoms with van der Waals surface area (Å²) in [6.07, 6.45) is 52.6. The number of rotatable bonds is 74.